The zero-order valence-corrected chi connectivity index (χ0v) is 17.9. The second-order valence-electron chi connectivity index (χ2n) is 7.79. The fourth-order valence-corrected chi connectivity index (χ4v) is 5.18. The average molecular weight is 431 g/mol. The first-order chi connectivity index (χ1) is 15.2. The molecule has 8 nitrogen and oxygen atoms in total. The van der Waals surface area contributed by atoms with E-state index in [0.717, 1.165) is 58.2 Å². The minimum atomic E-state index is 0.319. The molecule has 3 N–H and O–H groups in total. The Morgan fingerprint density at radius 1 is 1.19 bits per heavy atom. The molecule has 0 saturated heterocycles. The zero-order chi connectivity index (χ0) is 21.4. The lowest BCUT2D eigenvalue weighted by molar-refractivity contribution is 0.393. The van der Waals surface area contributed by atoms with Gasteiger partial charge >= 0.3 is 0 Å². The van der Waals surface area contributed by atoms with Crippen molar-refractivity contribution in [3.63, 3.8) is 0 Å². The number of aromatic nitrogens is 5. The molecule has 1 fully saturated rings. The normalized spacial score (nSPS) is 18.7. The van der Waals surface area contributed by atoms with Gasteiger partial charge in [-0.2, -0.15) is 5.26 Å². The molecule has 4 aromatic rings. The molecule has 1 aliphatic rings. The molecule has 0 aliphatic heterocycles. The Kier molecular flexibility index (Phi) is 5.10. The first kappa shape index (κ1) is 19.6. The van der Waals surface area contributed by atoms with Gasteiger partial charge in [-0.05, 0) is 37.8 Å². The molecular weight excluding hydrogens is 408 g/mol. The Labute approximate surface area is 183 Å². The number of nitrogens with two attached hydrogens (primary N) is 1. The number of fused-ring (bicyclic) bond motifs is 1. The summed E-state index contributed by atoms with van der Waals surface area (Å²) >= 11 is 1.64. The molecule has 4 heterocycles. The second kappa shape index (κ2) is 8.06. The molecule has 156 valence electrons. The van der Waals surface area contributed by atoms with E-state index < -0.39 is 0 Å². The number of hydrogen-bond acceptors (Lipinski definition) is 8. The van der Waals surface area contributed by atoms with Gasteiger partial charge in [-0.15, -0.1) is 10.2 Å². The molecule has 0 aromatic carbocycles. The SMILES string of the molecule is CNc1cc(-n2ccc3c(C#N)ccnc32)ncc1-c1nnc([C@H]2CC[C@H](N)CC2)s1. The molecule has 0 bridgehead atoms. The Morgan fingerprint density at radius 3 is 2.81 bits per heavy atom. The third kappa shape index (κ3) is 3.54. The summed E-state index contributed by atoms with van der Waals surface area (Å²) in [5, 5.41) is 24.3. The molecule has 1 saturated carbocycles. The number of rotatable bonds is 4. The summed E-state index contributed by atoms with van der Waals surface area (Å²) in [5.74, 6) is 1.17. The van der Waals surface area contributed by atoms with Gasteiger partial charge in [-0.3, -0.25) is 4.57 Å². The fourth-order valence-electron chi connectivity index (χ4n) is 4.15. The van der Waals surface area contributed by atoms with Crippen LogP contribution in [0.25, 0.3) is 27.4 Å². The van der Waals surface area contributed by atoms with Crippen LogP contribution in [0.4, 0.5) is 5.69 Å². The monoisotopic (exact) mass is 430 g/mol. The quantitative estimate of drug-likeness (QED) is 0.505. The molecule has 5 rings (SSSR count). The maximum Gasteiger partial charge on any atom is 0.151 e. The first-order valence-corrected chi connectivity index (χ1v) is 11.1. The third-order valence-corrected chi connectivity index (χ3v) is 7.02. The summed E-state index contributed by atoms with van der Waals surface area (Å²) in [6.45, 7) is 0. The van der Waals surface area contributed by atoms with E-state index in [1.807, 2.05) is 36.1 Å². The van der Waals surface area contributed by atoms with E-state index in [1.54, 1.807) is 23.6 Å². The van der Waals surface area contributed by atoms with Gasteiger partial charge in [0, 0.05) is 54.7 Å². The smallest absolute Gasteiger partial charge is 0.151 e. The number of hydrogen-bond donors (Lipinski definition) is 2. The molecule has 0 amide bonds. The first-order valence-electron chi connectivity index (χ1n) is 10.3. The van der Waals surface area contributed by atoms with Crippen LogP contribution in [0.2, 0.25) is 0 Å². The Hall–Kier alpha value is -3.35. The predicted octanol–water partition coefficient (Wildman–Crippen LogP) is 3.84. The fraction of sp³-hybridized carbons (Fsp3) is 0.318. The highest BCUT2D eigenvalue weighted by Crippen LogP contribution is 2.38. The molecule has 1 aliphatic carbocycles. The molecule has 0 spiro atoms. The standard InChI is InChI=1S/C22H22N8S/c1-25-18-10-19(30-9-7-16-14(11-23)6-8-26-20(16)30)27-12-17(18)22-29-28-21(31-22)13-2-4-15(24)5-3-13/h6-10,12-13,15H,2-5,24H2,1H3,(H,25,27)/t13-,15-. The highest BCUT2D eigenvalue weighted by atomic mass is 32.1. The molecule has 0 radical (unpaired) electrons. The van der Waals surface area contributed by atoms with Crippen molar-refractivity contribution in [3.8, 4) is 22.5 Å². The summed E-state index contributed by atoms with van der Waals surface area (Å²) in [5.41, 5.74) is 9.18. The molecule has 4 aromatic heterocycles. The molecular formula is C22H22N8S. The van der Waals surface area contributed by atoms with Crippen LogP contribution in [0.1, 0.15) is 42.2 Å². The van der Waals surface area contributed by atoms with Crippen molar-refractivity contribution in [2.75, 3.05) is 12.4 Å². The van der Waals surface area contributed by atoms with Crippen LogP contribution in [0.3, 0.4) is 0 Å². The van der Waals surface area contributed by atoms with Crippen molar-refractivity contribution in [1.29, 1.82) is 5.26 Å². The molecule has 9 heteroatoms. The Bertz CT molecular complexity index is 1280. The van der Waals surface area contributed by atoms with E-state index in [0.29, 0.717) is 23.2 Å². The van der Waals surface area contributed by atoms with E-state index in [1.165, 1.54) is 0 Å². The van der Waals surface area contributed by atoms with Crippen LogP contribution in [-0.4, -0.2) is 37.8 Å². The Balaban J connectivity index is 1.49. The van der Waals surface area contributed by atoms with Crippen molar-refractivity contribution in [2.45, 2.75) is 37.6 Å². The van der Waals surface area contributed by atoms with Crippen molar-refractivity contribution >= 4 is 28.1 Å². The van der Waals surface area contributed by atoms with Crippen LogP contribution in [0, 0.1) is 11.3 Å². The van der Waals surface area contributed by atoms with E-state index >= 15 is 0 Å². The van der Waals surface area contributed by atoms with Gasteiger partial charge in [0.2, 0.25) is 0 Å². The second-order valence-corrected chi connectivity index (χ2v) is 8.80. The van der Waals surface area contributed by atoms with Gasteiger partial charge in [0.15, 0.2) is 5.01 Å². The minimum absolute atomic E-state index is 0.319. The van der Waals surface area contributed by atoms with Gasteiger partial charge in [0.1, 0.15) is 16.5 Å². The average Bonchev–Trinajstić information content (AvgIpc) is 3.46. The summed E-state index contributed by atoms with van der Waals surface area (Å²) < 4.78 is 1.89. The predicted molar refractivity (Wildman–Crippen MR) is 121 cm³/mol. The number of nitriles is 1. The lowest BCUT2D eigenvalue weighted by Gasteiger charge is -2.23. The summed E-state index contributed by atoms with van der Waals surface area (Å²) in [6.07, 6.45) is 9.59. The van der Waals surface area contributed by atoms with Crippen molar-refractivity contribution in [3.05, 3.63) is 47.4 Å². The van der Waals surface area contributed by atoms with Crippen LogP contribution >= 0.6 is 11.3 Å². The van der Waals surface area contributed by atoms with Crippen LogP contribution in [0.5, 0.6) is 0 Å². The molecule has 0 atom stereocenters. The van der Waals surface area contributed by atoms with Gasteiger partial charge in [0.25, 0.3) is 0 Å². The van der Waals surface area contributed by atoms with Gasteiger partial charge in [-0.1, -0.05) is 11.3 Å². The summed E-state index contributed by atoms with van der Waals surface area (Å²) in [4.78, 5) is 9.11. The van der Waals surface area contributed by atoms with Crippen molar-refractivity contribution in [1.82, 2.24) is 24.7 Å². The topological polar surface area (TPSA) is 118 Å². The van der Waals surface area contributed by atoms with E-state index in [2.05, 4.69) is 31.6 Å². The summed E-state index contributed by atoms with van der Waals surface area (Å²) in [6, 6.07) is 8.11. The lowest BCUT2D eigenvalue weighted by atomic mass is 9.87. The molecule has 0 unspecified atom stereocenters. The van der Waals surface area contributed by atoms with E-state index in [-0.39, 0.29) is 0 Å². The van der Waals surface area contributed by atoms with Gasteiger partial charge in [0.05, 0.1) is 17.2 Å². The van der Waals surface area contributed by atoms with Gasteiger partial charge in [-0.25, -0.2) is 9.97 Å². The van der Waals surface area contributed by atoms with Crippen LogP contribution < -0.4 is 11.1 Å². The Morgan fingerprint density at radius 2 is 2.03 bits per heavy atom. The summed E-state index contributed by atoms with van der Waals surface area (Å²) in [7, 11) is 1.88. The van der Waals surface area contributed by atoms with Crippen molar-refractivity contribution < 1.29 is 0 Å². The maximum atomic E-state index is 9.34. The number of anilines is 1. The maximum absolute atomic E-state index is 9.34. The minimum Gasteiger partial charge on any atom is -0.387 e. The van der Waals surface area contributed by atoms with Crippen LogP contribution in [-0.2, 0) is 0 Å². The van der Waals surface area contributed by atoms with Crippen molar-refractivity contribution in [2.24, 2.45) is 5.73 Å². The number of nitrogens with zero attached hydrogens (tertiary/aromatic N) is 6. The van der Waals surface area contributed by atoms with Gasteiger partial charge < -0.3 is 11.1 Å². The van der Waals surface area contributed by atoms with E-state index in [4.69, 9.17) is 5.73 Å². The zero-order valence-electron chi connectivity index (χ0n) is 17.1. The lowest BCUT2D eigenvalue weighted by Crippen LogP contribution is -2.25. The highest BCUT2D eigenvalue weighted by molar-refractivity contribution is 7.14. The molecule has 31 heavy (non-hydrogen) atoms. The number of nitrogens with one attached hydrogen (secondary N) is 1. The third-order valence-electron chi connectivity index (χ3n) is 5.91. The highest BCUT2D eigenvalue weighted by Gasteiger charge is 2.24. The van der Waals surface area contributed by atoms with Crippen LogP contribution in [0.15, 0.2) is 36.8 Å². The largest absolute Gasteiger partial charge is 0.387 e. The van der Waals surface area contributed by atoms with E-state index in [9.17, 15) is 5.26 Å². The number of pyridine rings is 2.